The van der Waals surface area contributed by atoms with E-state index in [1.807, 2.05) is 24.3 Å². The average Bonchev–Trinajstić information content (AvgIpc) is 3.25. The van der Waals surface area contributed by atoms with E-state index in [0.29, 0.717) is 16.8 Å². The number of nitrogen functional groups attached to an aromatic ring is 1. The van der Waals surface area contributed by atoms with Crippen LogP contribution in [-0.2, 0) is 0 Å². The Morgan fingerprint density at radius 2 is 1.79 bits per heavy atom. The summed E-state index contributed by atoms with van der Waals surface area (Å²) in [7, 11) is 0. The number of benzene rings is 1. The third kappa shape index (κ3) is 2.94. The molecule has 19 heavy (non-hydrogen) atoms. The maximum atomic E-state index is 5.86. The van der Waals surface area contributed by atoms with E-state index < -0.39 is 0 Å². The topological polar surface area (TPSA) is 75.9 Å². The fourth-order valence-electron chi connectivity index (χ4n) is 1.81. The third-order valence-electron chi connectivity index (χ3n) is 2.95. The monoisotopic (exact) mass is 275 g/mol. The summed E-state index contributed by atoms with van der Waals surface area (Å²) in [5.41, 5.74) is 3.50. The van der Waals surface area contributed by atoms with Crippen LogP contribution in [0, 0.1) is 0 Å². The Hall–Kier alpha value is -1.85. The highest BCUT2D eigenvalue weighted by Crippen LogP contribution is 2.39. The molecule has 1 aliphatic carbocycles. The fourth-order valence-corrected chi connectivity index (χ4v) is 1.94. The SMILES string of the molecule is NNc1cc(Nc2ccc(Cl)cc2)nc(C2CC2)n1. The van der Waals surface area contributed by atoms with Crippen molar-refractivity contribution in [2.75, 3.05) is 10.7 Å². The van der Waals surface area contributed by atoms with Gasteiger partial charge in [-0.05, 0) is 37.1 Å². The van der Waals surface area contributed by atoms with Gasteiger partial charge in [-0.1, -0.05) is 11.6 Å². The Balaban J connectivity index is 1.86. The van der Waals surface area contributed by atoms with Gasteiger partial charge in [0.1, 0.15) is 17.5 Å². The standard InChI is InChI=1S/C13H14ClN5/c14-9-3-5-10(6-4-9)16-11-7-12(19-15)18-13(17-11)8-1-2-8/h3-8H,1-2,15H2,(H2,16,17,18,19). The van der Waals surface area contributed by atoms with Crippen LogP contribution in [0.3, 0.4) is 0 Å². The maximum Gasteiger partial charge on any atom is 0.145 e. The summed E-state index contributed by atoms with van der Waals surface area (Å²) in [4.78, 5) is 8.87. The zero-order valence-corrected chi connectivity index (χ0v) is 11.0. The van der Waals surface area contributed by atoms with Crippen LogP contribution in [0.4, 0.5) is 17.3 Å². The summed E-state index contributed by atoms with van der Waals surface area (Å²) < 4.78 is 0. The molecule has 6 heteroatoms. The number of nitrogens with zero attached hydrogens (tertiary/aromatic N) is 2. The van der Waals surface area contributed by atoms with Gasteiger partial charge in [0.15, 0.2) is 0 Å². The van der Waals surface area contributed by atoms with E-state index in [2.05, 4.69) is 20.7 Å². The van der Waals surface area contributed by atoms with E-state index in [1.165, 1.54) is 0 Å². The van der Waals surface area contributed by atoms with Gasteiger partial charge in [-0.25, -0.2) is 15.8 Å². The van der Waals surface area contributed by atoms with Crippen molar-refractivity contribution in [1.82, 2.24) is 9.97 Å². The normalized spacial score (nSPS) is 14.2. The van der Waals surface area contributed by atoms with Gasteiger partial charge in [-0.15, -0.1) is 0 Å². The van der Waals surface area contributed by atoms with Crippen molar-refractivity contribution >= 4 is 28.9 Å². The molecule has 0 saturated heterocycles. The number of rotatable bonds is 4. The van der Waals surface area contributed by atoms with Crippen molar-refractivity contribution in [2.45, 2.75) is 18.8 Å². The largest absolute Gasteiger partial charge is 0.340 e. The van der Waals surface area contributed by atoms with Gasteiger partial charge in [-0.3, -0.25) is 0 Å². The minimum absolute atomic E-state index is 0.471. The van der Waals surface area contributed by atoms with Gasteiger partial charge in [-0.2, -0.15) is 0 Å². The highest BCUT2D eigenvalue weighted by atomic mass is 35.5. The first kappa shape index (κ1) is 12.2. The Morgan fingerprint density at radius 1 is 1.11 bits per heavy atom. The van der Waals surface area contributed by atoms with E-state index >= 15 is 0 Å². The molecule has 98 valence electrons. The molecule has 0 bridgehead atoms. The van der Waals surface area contributed by atoms with Crippen LogP contribution in [0.5, 0.6) is 0 Å². The zero-order chi connectivity index (χ0) is 13.2. The molecular formula is C13H14ClN5. The summed E-state index contributed by atoms with van der Waals surface area (Å²) in [6.45, 7) is 0. The van der Waals surface area contributed by atoms with Crippen molar-refractivity contribution in [1.29, 1.82) is 0 Å². The first-order valence-corrected chi connectivity index (χ1v) is 6.50. The van der Waals surface area contributed by atoms with E-state index in [4.69, 9.17) is 17.4 Å². The molecule has 0 radical (unpaired) electrons. The molecule has 1 aromatic carbocycles. The molecule has 3 rings (SSSR count). The van der Waals surface area contributed by atoms with E-state index in [-0.39, 0.29) is 0 Å². The molecule has 1 saturated carbocycles. The highest BCUT2D eigenvalue weighted by molar-refractivity contribution is 6.30. The lowest BCUT2D eigenvalue weighted by atomic mass is 10.3. The van der Waals surface area contributed by atoms with Gasteiger partial charge in [0.05, 0.1) is 0 Å². The maximum absolute atomic E-state index is 5.86. The number of halogens is 1. The molecule has 0 unspecified atom stereocenters. The fraction of sp³-hybridized carbons (Fsp3) is 0.231. The number of nitrogens with one attached hydrogen (secondary N) is 2. The van der Waals surface area contributed by atoms with Crippen LogP contribution < -0.4 is 16.6 Å². The number of hydrazine groups is 1. The van der Waals surface area contributed by atoms with Crippen LogP contribution >= 0.6 is 11.6 Å². The van der Waals surface area contributed by atoms with Crippen molar-refractivity contribution in [3.63, 3.8) is 0 Å². The van der Waals surface area contributed by atoms with E-state index in [1.54, 1.807) is 6.07 Å². The minimum atomic E-state index is 0.471. The van der Waals surface area contributed by atoms with Gasteiger partial charge >= 0.3 is 0 Å². The predicted molar refractivity (Wildman–Crippen MR) is 76.6 cm³/mol. The van der Waals surface area contributed by atoms with Crippen molar-refractivity contribution in [3.8, 4) is 0 Å². The van der Waals surface area contributed by atoms with Crippen molar-refractivity contribution in [3.05, 3.63) is 41.2 Å². The Bertz CT molecular complexity index is 580. The molecule has 2 aromatic rings. The first-order valence-electron chi connectivity index (χ1n) is 6.13. The van der Waals surface area contributed by atoms with Crippen LogP contribution in [0.1, 0.15) is 24.6 Å². The van der Waals surface area contributed by atoms with Gasteiger partial charge < -0.3 is 10.7 Å². The predicted octanol–water partition coefficient (Wildman–Crippen LogP) is 3.04. The van der Waals surface area contributed by atoms with Crippen molar-refractivity contribution < 1.29 is 0 Å². The van der Waals surface area contributed by atoms with Gasteiger partial charge in [0.2, 0.25) is 0 Å². The molecule has 0 aliphatic heterocycles. The molecule has 0 atom stereocenters. The van der Waals surface area contributed by atoms with Crippen LogP contribution in [0.15, 0.2) is 30.3 Å². The van der Waals surface area contributed by atoms with Gasteiger partial charge in [0.25, 0.3) is 0 Å². The smallest absolute Gasteiger partial charge is 0.145 e. The Morgan fingerprint density at radius 3 is 2.42 bits per heavy atom. The number of hydrogen-bond donors (Lipinski definition) is 3. The summed E-state index contributed by atoms with van der Waals surface area (Å²) in [5, 5.41) is 3.93. The van der Waals surface area contributed by atoms with Gasteiger partial charge in [0, 0.05) is 22.7 Å². The minimum Gasteiger partial charge on any atom is -0.340 e. The Labute approximate surface area is 116 Å². The molecule has 1 heterocycles. The highest BCUT2D eigenvalue weighted by Gasteiger charge is 2.27. The number of nitrogens with two attached hydrogens (primary N) is 1. The summed E-state index contributed by atoms with van der Waals surface area (Å²) in [6, 6.07) is 9.23. The lowest BCUT2D eigenvalue weighted by Crippen LogP contribution is -2.11. The van der Waals surface area contributed by atoms with Crippen LogP contribution in [0.2, 0.25) is 5.02 Å². The second kappa shape index (κ2) is 5.03. The summed E-state index contributed by atoms with van der Waals surface area (Å²) >= 11 is 5.86. The second-order valence-electron chi connectivity index (χ2n) is 4.55. The molecule has 1 fully saturated rings. The average molecular weight is 276 g/mol. The molecule has 5 nitrogen and oxygen atoms in total. The molecule has 4 N–H and O–H groups in total. The zero-order valence-electron chi connectivity index (χ0n) is 10.2. The van der Waals surface area contributed by atoms with Crippen molar-refractivity contribution in [2.24, 2.45) is 5.84 Å². The number of aromatic nitrogens is 2. The summed E-state index contributed by atoms with van der Waals surface area (Å²) in [6.07, 6.45) is 2.29. The van der Waals surface area contributed by atoms with E-state index in [9.17, 15) is 0 Å². The molecule has 0 amide bonds. The molecular weight excluding hydrogens is 262 g/mol. The summed E-state index contributed by atoms with van der Waals surface area (Å²) in [5.74, 6) is 8.09. The molecule has 0 spiro atoms. The molecule has 1 aliphatic rings. The van der Waals surface area contributed by atoms with Crippen LogP contribution in [-0.4, -0.2) is 9.97 Å². The molecule has 1 aromatic heterocycles. The lowest BCUT2D eigenvalue weighted by Gasteiger charge is -2.09. The quantitative estimate of drug-likeness (QED) is 0.591. The first-order chi connectivity index (χ1) is 9.24. The number of anilines is 3. The third-order valence-corrected chi connectivity index (χ3v) is 3.20. The lowest BCUT2D eigenvalue weighted by molar-refractivity contribution is 0.929. The number of hydrogen-bond acceptors (Lipinski definition) is 5. The van der Waals surface area contributed by atoms with Crippen LogP contribution in [0.25, 0.3) is 0 Å². The Kier molecular flexibility index (Phi) is 3.23. The second-order valence-corrected chi connectivity index (χ2v) is 4.98. The van der Waals surface area contributed by atoms with E-state index in [0.717, 1.165) is 30.2 Å².